The van der Waals surface area contributed by atoms with Gasteiger partial charge in [-0.3, -0.25) is 9.80 Å². The fourth-order valence-corrected chi connectivity index (χ4v) is 3.46. The molecule has 2 aromatic carbocycles. The lowest BCUT2D eigenvalue weighted by atomic mass is 10.2. The predicted molar refractivity (Wildman–Crippen MR) is 109 cm³/mol. The molecule has 0 unspecified atom stereocenters. The lowest BCUT2D eigenvalue weighted by molar-refractivity contribution is 0.0434. The second-order valence-electron chi connectivity index (χ2n) is 7.02. The smallest absolute Gasteiger partial charge is 0.203 e. The van der Waals surface area contributed by atoms with Gasteiger partial charge in [0.2, 0.25) is 5.75 Å². The van der Waals surface area contributed by atoms with Crippen LogP contribution >= 0.6 is 0 Å². The molecule has 28 heavy (non-hydrogen) atoms. The Balaban J connectivity index is 1.43. The topological polar surface area (TPSA) is 54.4 Å². The minimum Gasteiger partial charge on any atom is -0.493 e. The van der Waals surface area contributed by atoms with Crippen LogP contribution in [0.15, 0.2) is 48.5 Å². The van der Waals surface area contributed by atoms with Gasteiger partial charge in [0.05, 0.1) is 14.2 Å². The zero-order chi connectivity index (χ0) is 19.8. The lowest BCUT2D eigenvalue weighted by Crippen LogP contribution is -2.48. The molecular formula is C22H30N2O4. The predicted octanol–water partition coefficient (Wildman–Crippen LogP) is 2.26. The number of aliphatic hydroxyl groups is 1. The molecule has 6 nitrogen and oxygen atoms in total. The van der Waals surface area contributed by atoms with Crippen molar-refractivity contribution in [1.29, 1.82) is 0 Å². The molecule has 1 saturated heterocycles. The second-order valence-corrected chi connectivity index (χ2v) is 7.02. The standard InChI is InChI=1S/C22H30N2O4/c1-26-20-9-6-10-21(27-2)22(20)28-17-19(25)16-24-13-11-23(12-14-24)15-18-7-4-3-5-8-18/h3-10,19,25H,11-17H2,1-2H3/t19-/m0/s1. The number of β-amino-alcohol motifs (C(OH)–C–C–N with tert-alkyl or cyclic N) is 1. The van der Waals surface area contributed by atoms with Crippen LogP contribution < -0.4 is 14.2 Å². The number of hydrogen-bond donors (Lipinski definition) is 1. The van der Waals surface area contributed by atoms with E-state index in [0.717, 1.165) is 32.7 Å². The molecular weight excluding hydrogens is 356 g/mol. The summed E-state index contributed by atoms with van der Waals surface area (Å²) in [5.74, 6) is 1.72. The van der Waals surface area contributed by atoms with E-state index >= 15 is 0 Å². The summed E-state index contributed by atoms with van der Waals surface area (Å²) in [5, 5.41) is 10.4. The second kappa shape index (κ2) is 10.3. The van der Waals surface area contributed by atoms with E-state index in [2.05, 4.69) is 34.1 Å². The fraction of sp³-hybridized carbons (Fsp3) is 0.455. The summed E-state index contributed by atoms with van der Waals surface area (Å²) in [6, 6.07) is 16.0. The number of aliphatic hydroxyl groups excluding tert-OH is 1. The number of para-hydroxylation sites is 1. The molecule has 3 rings (SSSR count). The summed E-state index contributed by atoms with van der Waals surface area (Å²) < 4.78 is 16.5. The number of ether oxygens (including phenoxy) is 3. The minimum absolute atomic E-state index is 0.195. The molecule has 1 fully saturated rings. The molecule has 1 heterocycles. The molecule has 0 amide bonds. The van der Waals surface area contributed by atoms with Gasteiger partial charge in [-0.05, 0) is 17.7 Å². The Hall–Kier alpha value is -2.28. The fourth-order valence-electron chi connectivity index (χ4n) is 3.46. The number of methoxy groups -OCH3 is 2. The number of rotatable bonds is 9. The lowest BCUT2D eigenvalue weighted by Gasteiger charge is -2.35. The summed E-state index contributed by atoms with van der Waals surface area (Å²) in [6.07, 6.45) is -0.574. The molecule has 1 N–H and O–H groups in total. The quantitative estimate of drug-likeness (QED) is 0.714. The van der Waals surface area contributed by atoms with Crippen molar-refractivity contribution in [2.24, 2.45) is 0 Å². The van der Waals surface area contributed by atoms with Gasteiger partial charge in [-0.1, -0.05) is 36.4 Å². The number of benzene rings is 2. The molecule has 2 aromatic rings. The largest absolute Gasteiger partial charge is 0.493 e. The van der Waals surface area contributed by atoms with Crippen LogP contribution in [0, 0.1) is 0 Å². The highest BCUT2D eigenvalue weighted by Crippen LogP contribution is 2.36. The Morgan fingerprint density at radius 3 is 2.07 bits per heavy atom. The third-order valence-corrected chi connectivity index (χ3v) is 4.99. The molecule has 0 spiro atoms. The summed E-state index contributed by atoms with van der Waals surface area (Å²) in [5.41, 5.74) is 1.34. The molecule has 0 saturated carbocycles. The van der Waals surface area contributed by atoms with Crippen LogP contribution in [0.3, 0.4) is 0 Å². The van der Waals surface area contributed by atoms with Crippen LogP contribution in [0.2, 0.25) is 0 Å². The molecule has 0 aromatic heterocycles. The van der Waals surface area contributed by atoms with E-state index in [-0.39, 0.29) is 6.61 Å². The summed E-state index contributed by atoms with van der Waals surface area (Å²) in [6.45, 7) is 5.67. The Kier molecular flexibility index (Phi) is 7.54. The summed E-state index contributed by atoms with van der Waals surface area (Å²) in [7, 11) is 3.18. The van der Waals surface area contributed by atoms with Crippen LogP contribution in [-0.4, -0.2) is 74.6 Å². The summed E-state index contributed by atoms with van der Waals surface area (Å²) in [4.78, 5) is 4.74. The first-order chi connectivity index (χ1) is 13.7. The molecule has 0 bridgehead atoms. The number of piperazine rings is 1. The average Bonchev–Trinajstić information content (AvgIpc) is 2.74. The van der Waals surface area contributed by atoms with Gasteiger partial charge in [0.25, 0.3) is 0 Å². The van der Waals surface area contributed by atoms with Gasteiger partial charge in [0.15, 0.2) is 11.5 Å². The average molecular weight is 386 g/mol. The normalized spacial score (nSPS) is 16.5. The number of hydrogen-bond acceptors (Lipinski definition) is 6. The number of nitrogens with zero attached hydrogens (tertiary/aromatic N) is 2. The van der Waals surface area contributed by atoms with Crippen molar-refractivity contribution in [3.8, 4) is 17.2 Å². The van der Waals surface area contributed by atoms with Gasteiger partial charge in [0, 0.05) is 39.3 Å². The maximum atomic E-state index is 10.4. The van der Waals surface area contributed by atoms with E-state index in [1.165, 1.54) is 5.56 Å². The highest BCUT2D eigenvalue weighted by molar-refractivity contribution is 5.51. The van der Waals surface area contributed by atoms with E-state index in [0.29, 0.717) is 23.8 Å². The van der Waals surface area contributed by atoms with Crippen molar-refractivity contribution in [2.75, 3.05) is 53.6 Å². The third-order valence-electron chi connectivity index (χ3n) is 4.99. The van der Waals surface area contributed by atoms with E-state index in [4.69, 9.17) is 14.2 Å². The van der Waals surface area contributed by atoms with Gasteiger partial charge in [-0.25, -0.2) is 0 Å². The van der Waals surface area contributed by atoms with Crippen LogP contribution in [0.1, 0.15) is 5.56 Å². The molecule has 1 atom stereocenters. The van der Waals surface area contributed by atoms with Crippen molar-refractivity contribution in [3.05, 3.63) is 54.1 Å². The molecule has 1 aliphatic rings. The van der Waals surface area contributed by atoms with Crippen LogP contribution in [0.5, 0.6) is 17.2 Å². The van der Waals surface area contributed by atoms with E-state index in [9.17, 15) is 5.11 Å². The zero-order valence-corrected chi connectivity index (χ0v) is 16.7. The van der Waals surface area contributed by atoms with Gasteiger partial charge < -0.3 is 19.3 Å². The molecule has 0 aliphatic carbocycles. The first-order valence-electron chi connectivity index (χ1n) is 9.70. The van der Waals surface area contributed by atoms with Crippen molar-refractivity contribution >= 4 is 0 Å². The van der Waals surface area contributed by atoms with E-state index in [1.807, 2.05) is 24.3 Å². The Morgan fingerprint density at radius 1 is 0.857 bits per heavy atom. The zero-order valence-electron chi connectivity index (χ0n) is 16.7. The van der Waals surface area contributed by atoms with Gasteiger partial charge >= 0.3 is 0 Å². The van der Waals surface area contributed by atoms with Crippen molar-refractivity contribution in [1.82, 2.24) is 9.80 Å². The Bertz CT molecular complexity index is 695. The van der Waals surface area contributed by atoms with Gasteiger partial charge in [-0.2, -0.15) is 0 Å². The third kappa shape index (κ3) is 5.61. The van der Waals surface area contributed by atoms with Gasteiger partial charge in [0.1, 0.15) is 12.7 Å². The molecule has 0 radical (unpaired) electrons. The van der Waals surface area contributed by atoms with E-state index in [1.54, 1.807) is 14.2 Å². The van der Waals surface area contributed by atoms with Crippen LogP contribution in [0.25, 0.3) is 0 Å². The first-order valence-corrected chi connectivity index (χ1v) is 9.70. The molecule has 152 valence electrons. The Morgan fingerprint density at radius 2 is 1.46 bits per heavy atom. The van der Waals surface area contributed by atoms with Crippen LogP contribution in [-0.2, 0) is 6.54 Å². The van der Waals surface area contributed by atoms with Crippen LogP contribution in [0.4, 0.5) is 0 Å². The van der Waals surface area contributed by atoms with E-state index < -0.39 is 6.10 Å². The molecule has 6 heteroatoms. The highest BCUT2D eigenvalue weighted by Gasteiger charge is 2.20. The van der Waals surface area contributed by atoms with Crippen molar-refractivity contribution < 1.29 is 19.3 Å². The maximum absolute atomic E-state index is 10.4. The van der Waals surface area contributed by atoms with Gasteiger partial charge in [-0.15, -0.1) is 0 Å². The minimum atomic E-state index is -0.574. The molecule has 1 aliphatic heterocycles. The SMILES string of the molecule is COc1cccc(OC)c1OC[C@@H](O)CN1CCN(Cc2ccccc2)CC1. The van der Waals surface area contributed by atoms with Crippen molar-refractivity contribution in [2.45, 2.75) is 12.6 Å². The highest BCUT2D eigenvalue weighted by atomic mass is 16.5. The van der Waals surface area contributed by atoms with Crippen molar-refractivity contribution in [3.63, 3.8) is 0 Å². The first kappa shape index (κ1) is 20.5. The Labute approximate surface area is 167 Å². The summed E-state index contributed by atoms with van der Waals surface area (Å²) >= 11 is 0. The monoisotopic (exact) mass is 386 g/mol. The maximum Gasteiger partial charge on any atom is 0.203 e.